The third-order valence-electron chi connectivity index (χ3n) is 3.17. The van der Waals surface area contributed by atoms with Gasteiger partial charge in [0.05, 0.1) is 12.8 Å². The fourth-order valence-corrected chi connectivity index (χ4v) is 1.89. The topological polar surface area (TPSA) is 100 Å². The minimum Gasteiger partial charge on any atom is -0.507 e. The first-order valence-corrected chi connectivity index (χ1v) is 7.09. The highest BCUT2D eigenvalue weighted by Gasteiger charge is 2.13. The van der Waals surface area contributed by atoms with Crippen LogP contribution in [0.5, 0.6) is 11.5 Å². The maximum absolute atomic E-state index is 11.8. The van der Waals surface area contributed by atoms with Gasteiger partial charge in [0, 0.05) is 11.3 Å². The van der Waals surface area contributed by atoms with E-state index in [2.05, 4.69) is 15.8 Å². The Balaban J connectivity index is 1.97. The summed E-state index contributed by atoms with van der Waals surface area (Å²) < 4.78 is 5.01. The Kier molecular flexibility index (Phi) is 5.51. The van der Waals surface area contributed by atoms with Gasteiger partial charge in [-0.05, 0) is 43.3 Å². The van der Waals surface area contributed by atoms with Gasteiger partial charge in [0.1, 0.15) is 11.5 Å². The maximum atomic E-state index is 11.8. The van der Waals surface area contributed by atoms with Gasteiger partial charge in [-0.3, -0.25) is 9.59 Å². The van der Waals surface area contributed by atoms with Crippen molar-refractivity contribution in [3.63, 3.8) is 0 Å². The van der Waals surface area contributed by atoms with Gasteiger partial charge in [0.25, 0.3) is 0 Å². The fraction of sp³-hybridized carbons (Fsp3) is 0.118. The highest BCUT2D eigenvalue weighted by Crippen LogP contribution is 2.16. The Bertz CT molecular complexity index is 770. The van der Waals surface area contributed by atoms with Crippen molar-refractivity contribution in [2.24, 2.45) is 5.10 Å². The van der Waals surface area contributed by atoms with E-state index in [1.807, 2.05) is 0 Å². The molecule has 0 saturated heterocycles. The molecule has 2 rings (SSSR count). The van der Waals surface area contributed by atoms with Crippen molar-refractivity contribution in [1.82, 2.24) is 5.43 Å². The van der Waals surface area contributed by atoms with Gasteiger partial charge < -0.3 is 15.2 Å². The molecule has 3 N–H and O–H groups in total. The molecule has 124 valence electrons. The molecular formula is C17H17N3O4. The normalized spacial score (nSPS) is 10.8. The molecule has 0 spiro atoms. The number of phenols is 1. The lowest BCUT2D eigenvalue weighted by Gasteiger charge is -2.06. The second-order valence-corrected chi connectivity index (χ2v) is 4.84. The lowest BCUT2D eigenvalue weighted by molar-refractivity contribution is -0.136. The summed E-state index contributed by atoms with van der Waals surface area (Å²) in [5, 5.41) is 16.0. The van der Waals surface area contributed by atoms with Crippen LogP contribution in [-0.4, -0.2) is 29.7 Å². The number of ether oxygens (including phenoxy) is 1. The predicted octanol–water partition coefficient (Wildman–Crippen LogP) is 1.88. The van der Waals surface area contributed by atoms with E-state index in [1.54, 1.807) is 49.4 Å². The molecule has 7 nitrogen and oxygen atoms in total. The van der Waals surface area contributed by atoms with Crippen LogP contribution in [0.3, 0.4) is 0 Å². The summed E-state index contributed by atoms with van der Waals surface area (Å²) in [6.45, 7) is 1.61. The van der Waals surface area contributed by atoms with Gasteiger partial charge in [-0.25, -0.2) is 5.43 Å². The van der Waals surface area contributed by atoms with E-state index in [9.17, 15) is 14.7 Å². The van der Waals surface area contributed by atoms with Crippen molar-refractivity contribution in [3.05, 3.63) is 54.1 Å². The quantitative estimate of drug-likeness (QED) is 0.453. The number of benzene rings is 2. The number of hydrazone groups is 1. The van der Waals surface area contributed by atoms with Crippen LogP contribution < -0.4 is 15.5 Å². The molecular weight excluding hydrogens is 310 g/mol. The van der Waals surface area contributed by atoms with Crippen LogP contribution in [0.1, 0.15) is 12.5 Å². The zero-order valence-corrected chi connectivity index (χ0v) is 13.2. The molecule has 0 fully saturated rings. The molecule has 0 aliphatic heterocycles. The molecule has 0 aliphatic rings. The van der Waals surface area contributed by atoms with E-state index in [0.29, 0.717) is 22.7 Å². The Morgan fingerprint density at radius 3 is 2.33 bits per heavy atom. The highest BCUT2D eigenvalue weighted by molar-refractivity contribution is 6.39. The zero-order chi connectivity index (χ0) is 17.5. The van der Waals surface area contributed by atoms with E-state index in [4.69, 9.17) is 4.74 Å². The van der Waals surface area contributed by atoms with Crippen LogP contribution in [0.15, 0.2) is 53.6 Å². The number of nitrogens with one attached hydrogen (secondary N) is 2. The minimum absolute atomic E-state index is 0.0377. The van der Waals surface area contributed by atoms with E-state index in [1.165, 1.54) is 13.2 Å². The number of carbonyl (C=O) groups excluding carboxylic acids is 2. The smallest absolute Gasteiger partial charge is 0.329 e. The summed E-state index contributed by atoms with van der Waals surface area (Å²) in [4.78, 5) is 23.6. The summed E-state index contributed by atoms with van der Waals surface area (Å²) in [6, 6.07) is 13.1. The van der Waals surface area contributed by atoms with Crippen molar-refractivity contribution in [3.8, 4) is 11.5 Å². The average molecular weight is 327 g/mol. The Hall–Kier alpha value is -3.35. The second-order valence-electron chi connectivity index (χ2n) is 4.84. The summed E-state index contributed by atoms with van der Waals surface area (Å²) in [7, 11) is 1.53. The van der Waals surface area contributed by atoms with Crippen molar-refractivity contribution < 1.29 is 19.4 Å². The van der Waals surface area contributed by atoms with Crippen LogP contribution in [-0.2, 0) is 9.59 Å². The predicted molar refractivity (Wildman–Crippen MR) is 90.1 cm³/mol. The SMILES string of the molecule is COc1ccc(NC(=O)C(=O)N/N=C(\C)c2ccccc2O)cc1. The van der Waals surface area contributed by atoms with Gasteiger partial charge >= 0.3 is 11.8 Å². The molecule has 0 radical (unpaired) electrons. The molecule has 0 aliphatic carbocycles. The van der Waals surface area contributed by atoms with E-state index in [0.717, 1.165) is 0 Å². The van der Waals surface area contributed by atoms with Gasteiger partial charge in [0.2, 0.25) is 0 Å². The highest BCUT2D eigenvalue weighted by atomic mass is 16.5. The van der Waals surface area contributed by atoms with Crippen molar-refractivity contribution in [2.75, 3.05) is 12.4 Å². The second kappa shape index (κ2) is 7.77. The van der Waals surface area contributed by atoms with E-state index >= 15 is 0 Å². The van der Waals surface area contributed by atoms with Gasteiger partial charge in [-0.15, -0.1) is 0 Å². The Morgan fingerprint density at radius 1 is 1.04 bits per heavy atom. The lowest BCUT2D eigenvalue weighted by Crippen LogP contribution is -2.32. The van der Waals surface area contributed by atoms with Crippen LogP contribution in [0.4, 0.5) is 5.69 Å². The molecule has 0 bridgehead atoms. The monoisotopic (exact) mass is 327 g/mol. The number of para-hydroxylation sites is 1. The first-order chi connectivity index (χ1) is 11.5. The van der Waals surface area contributed by atoms with E-state index < -0.39 is 11.8 Å². The third-order valence-corrected chi connectivity index (χ3v) is 3.17. The molecule has 0 aromatic heterocycles. The molecule has 0 saturated carbocycles. The molecule has 0 unspecified atom stereocenters. The van der Waals surface area contributed by atoms with Crippen molar-refractivity contribution >= 4 is 23.2 Å². The molecule has 0 atom stereocenters. The molecule has 7 heteroatoms. The molecule has 2 amide bonds. The standard InChI is InChI=1S/C17H17N3O4/c1-11(14-5-3-4-6-15(14)21)19-20-17(23)16(22)18-12-7-9-13(24-2)10-8-12/h3-10,21H,1-2H3,(H,18,22)(H,20,23)/b19-11+. The minimum atomic E-state index is -0.916. The van der Waals surface area contributed by atoms with Crippen LogP contribution in [0.25, 0.3) is 0 Å². The summed E-state index contributed by atoms with van der Waals surface area (Å²) >= 11 is 0. The number of phenolic OH excluding ortho intramolecular Hbond substituents is 1. The number of rotatable bonds is 4. The fourth-order valence-electron chi connectivity index (χ4n) is 1.89. The largest absolute Gasteiger partial charge is 0.507 e. The third kappa shape index (κ3) is 4.33. The maximum Gasteiger partial charge on any atom is 0.329 e. The molecule has 24 heavy (non-hydrogen) atoms. The number of methoxy groups -OCH3 is 1. The van der Waals surface area contributed by atoms with Gasteiger partial charge in [-0.1, -0.05) is 12.1 Å². The Morgan fingerprint density at radius 2 is 1.71 bits per heavy atom. The van der Waals surface area contributed by atoms with Crippen molar-refractivity contribution in [2.45, 2.75) is 6.92 Å². The number of carbonyl (C=O) groups is 2. The van der Waals surface area contributed by atoms with Crippen LogP contribution in [0, 0.1) is 0 Å². The average Bonchev–Trinajstić information content (AvgIpc) is 2.60. The number of hydrogen-bond acceptors (Lipinski definition) is 5. The van der Waals surface area contributed by atoms with Crippen LogP contribution >= 0.6 is 0 Å². The lowest BCUT2D eigenvalue weighted by atomic mass is 10.1. The number of amides is 2. The molecule has 2 aromatic carbocycles. The summed E-state index contributed by atoms with van der Waals surface area (Å²) in [6.07, 6.45) is 0. The number of hydrogen-bond donors (Lipinski definition) is 3. The number of anilines is 1. The van der Waals surface area contributed by atoms with Crippen molar-refractivity contribution in [1.29, 1.82) is 0 Å². The van der Waals surface area contributed by atoms with E-state index in [-0.39, 0.29) is 5.75 Å². The number of nitrogens with zero attached hydrogens (tertiary/aromatic N) is 1. The van der Waals surface area contributed by atoms with Gasteiger partial charge in [-0.2, -0.15) is 5.10 Å². The first kappa shape index (κ1) is 17.0. The van der Waals surface area contributed by atoms with Crippen LogP contribution in [0.2, 0.25) is 0 Å². The molecule has 0 heterocycles. The summed E-state index contributed by atoms with van der Waals surface area (Å²) in [5.41, 5.74) is 3.45. The zero-order valence-electron chi connectivity index (χ0n) is 13.2. The molecule has 2 aromatic rings. The van der Waals surface area contributed by atoms with Gasteiger partial charge in [0.15, 0.2) is 0 Å². The summed E-state index contributed by atoms with van der Waals surface area (Å²) in [5.74, 6) is -1.09. The number of aromatic hydroxyl groups is 1. The Labute approximate surface area is 139 Å². The first-order valence-electron chi connectivity index (χ1n) is 7.09.